The van der Waals surface area contributed by atoms with Crippen LogP contribution in [0.2, 0.25) is 0 Å². The molecule has 0 aromatic heterocycles. The quantitative estimate of drug-likeness (QED) is 0.288. The monoisotopic (exact) mass is 380 g/mol. The van der Waals surface area contributed by atoms with Gasteiger partial charge in [-0.25, -0.2) is 0 Å². The Hall–Kier alpha value is -0.390. The van der Waals surface area contributed by atoms with Gasteiger partial charge in [0.25, 0.3) is 0 Å². The van der Waals surface area contributed by atoms with Crippen LogP contribution in [0, 0.1) is 0 Å². The molecule has 0 amide bonds. The second-order valence-corrected chi connectivity index (χ2v) is 6.86. The number of thioether (sulfide) groups is 1. The van der Waals surface area contributed by atoms with Gasteiger partial charge in [-0.05, 0) is 0 Å². The fourth-order valence-electron chi connectivity index (χ4n) is 2.29. The fourth-order valence-corrected chi connectivity index (χ4v) is 3.39. The second kappa shape index (κ2) is 12.1. The van der Waals surface area contributed by atoms with Crippen LogP contribution >= 0.6 is 11.8 Å². The van der Waals surface area contributed by atoms with Crippen molar-refractivity contribution in [2.75, 3.05) is 80.3 Å². The average molecular weight is 380 g/mol. The van der Waals surface area contributed by atoms with Gasteiger partial charge in [0.05, 0.1) is 66.1 Å². The van der Waals surface area contributed by atoms with Gasteiger partial charge in [-0.3, -0.25) is 0 Å². The van der Waals surface area contributed by atoms with Crippen molar-refractivity contribution in [3.05, 3.63) is 11.2 Å². The van der Waals surface area contributed by atoms with E-state index in [1.165, 1.54) is 0 Å². The Morgan fingerprint density at radius 1 is 0.840 bits per heavy atom. The summed E-state index contributed by atoms with van der Waals surface area (Å²) >= 11 is 1.63. The van der Waals surface area contributed by atoms with Gasteiger partial charge < -0.3 is 33.3 Å². The van der Waals surface area contributed by atoms with E-state index in [0.29, 0.717) is 66.1 Å². The SMILES string of the molecule is COCCOCCOCC1(COCCOCCOC)SC=C2OOC21. The summed E-state index contributed by atoms with van der Waals surface area (Å²) in [6, 6.07) is 0. The zero-order valence-electron chi connectivity index (χ0n) is 14.9. The van der Waals surface area contributed by atoms with E-state index in [9.17, 15) is 0 Å². The molecule has 0 radical (unpaired) electrons. The summed E-state index contributed by atoms with van der Waals surface area (Å²) in [5.74, 6) is 0.838. The predicted molar refractivity (Wildman–Crippen MR) is 91.4 cm³/mol. The topological polar surface area (TPSA) is 73.8 Å². The summed E-state index contributed by atoms with van der Waals surface area (Å²) in [6.45, 7) is 5.36. The molecule has 0 spiro atoms. The first-order valence-corrected chi connectivity index (χ1v) is 9.20. The number of rotatable bonds is 16. The minimum Gasteiger partial charge on any atom is -0.382 e. The maximum atomic E-state index is 5.78. The van der Waals surface area contributed by atoms with E-state index < -0.39 is 0 Å². The molecule has 1 fully saturated rings. The third kappa shape index (κ3) is 6.69. The molecule has 25 heavy (non-hydrogen) atoms. The predicted octanol–water partition coefficient (Wildman–Crippen LogP) is 1.00. The first kappa shape index (κ1) is 20.9. The Morgan fingerprint density at radius 2 is 1.36 bits per heavy atom. The highest BCUT2D eigenvalue weighted by molar-refractivity contribution is 8.03. The molecule has 2 heterocycles. The lowest BCUT2D eigenvalue weighted by Crippen LogP contribution is -2.51. The van der Waals surface area contributed by atoms with Gasteiger partial charge in [0.2, 0.25) is 0 Å². The third-order valence-electron chi connectivity index (χ3n) is 3.69. The van der Waals surface area contributed by atoms with Gasteiger partial charge >= 0.3 is 0 Å². The lowest BCUT2D eigenvalue weighted by Gasteiger charge is -2.37. The molecule has 0 aromatic rings. The molecule has 8 nitrogen and oxygen atoms in total. The van der Waals surface area contributed by atoms with Crippen LogP contribution in [0.15, 0.2) is 11.2 Å². The molecular weight excluding hydrogens is 352 g/mol. The van der Waals surface area contributed by atoms with Crippen LogP contribution in [0.1, 0.15) is 0 Å². The zero-order chi connectivity index (χ0) is 17.8. The minimum atomic E-state index is -0.327. The summed E-state index contributed by atoms with van der Waals surface area (Å²) in [7, 11) is 3.30. The van der Waals surface area contributed by atoms with Crippen LogP contribution in [-0.4, -0.2) is 91.1 Å². The Labute approximate surface area is 152 Å². The molecule has 9 heteroatoms. The van der Waals surface area contributed by atoms with Gasteiger partial charge in [-0.2, -0.15) is 4.89 Å². The largest absolute Gasteiger partial charge is 0.382 e. The number of hydrogen-bond donors (Lipinski definition) is 0. The summed E-state index contributed by atoms with van der Waals surface area (Å²) in [6.07, 6.45) is -0.124. The van der Waals surface area contributed by atoms with Crippen molar-refractivity contribution in [3.8, 4) is 0 Å². The highest BCUT2D eigenvalue weighted by Crippen LogP contribution is 2.48. The van der Waals surface area contributed by atoms with Crippen molar-refractivity contribution < 1.29 is 38.2 Å². The van der Waals surface area contributed by atoms with Crippen LogP contribution in [0.3, 0.4) is 0 Å². The Kier molecular flexibility index (Phi) is 10.1. The van der Waals surface area contributed by atoms with E-state index in [-0.39, 0.29) is 10.9 Å². The van der Waals surface area contributed by atoms with E-state index in [1.54, 1.807) is 26.0 Å². The van der Waals surface area contributed by atoms with E-state index in [1.807, 2.05) is 5.41 Å². The number of hydrogen-bond acceptors (Lipinski definition) is 9. The molecule has 2 aliphatic rings. The Bertz CT molecular complexity index is 374. The highest BCUT2D eigenvalue weighted by atomic mass is 32.2. The molecule has 0 saturated carbocycles. The zero-order valence-corrected chi connectivity index (χ0v) is 15.7. The molecule has 2 aliphatic heterocycles. The summed E-state index contributed by atoms with van der Waals surface area (Å²) in [5, 5.41) is 1.96. The van der Waals surface area contributed by atoms with Gasteiger partial charge in [-0.15, -0.1) is 11.8 Å². The summed E-state index contributed by atoms with van der Waals surface area (Å²) < 4.78 is 31.9. The molecule has 0 aromatic carbocycles. The molecule has 1 unspecified atom stereocenters. The van der Waals surface area contributed by atoms with Gasteiger partial charge in [0.1, 0.15) is 4.75 Å². The standard InChI is InChI=1S/C16H28O8S/c1-17-3-5-19-7-9-21-12-16(15-14(11-25-16)23-24-15)13-22-10-8-20-6-4-18-2/h11,15H,3-10,12-13H2,1-2H3. The van der Waals surface area contributed by atoms with Gasteiger partial charge in [0, 0.05) is 19.6 Å². The highest BCUT2D eigenvalue weighted by Gasteiger charge is 2.54. The van der Waals surface area contributed by atoms with Crippen LogP contribution in [-0.2, 0) is 38.2 Å². The smallest absolute Gasteiger partial charge is 0.185 e. The maximum absolute atomic E-state index is 5.78. The van der Waals surface area contributed by atoms with E-state index in [2.05, 4.69) is 0 Å². The number of fused-ring (bicyclic) bond motifs is 1. The Morgan fingerprint density at radius 3 is 1.80 bits per heavy atom. The molecule has 0 aliphatic carbocycles. The molecule has 0 N–H and O–H groups in total. The van der Waals surface area contributed by atoms with E-state index in [0.717, 1.165) is 5.76 Å². The van der Waals surface area contributed by atoms with E-state index >= 15 is 0 Å². The van der Waals surface area contributed by atoms with Crippen molar-refractivity contribution in [1.82, 2.24) is 0 Å². The second-order valence-electron chi connectivity index (χ2n) is 5.58. The lowest BCUT2D eigenvalue weighted by atomic mass is 10.0. The normalized spacial score (nSPS) is 20.7. The third-order valence-corrected chi connectivity index (χ3v) is 4.96. The van der Waals surface area contributed by atoms with Gasteiger partial charge in [-0.1, -0.05) is 0 Å². The maximum Gasteiger partial charge on any atom is 0.185 e. The number of ether oxygens (including phenoxy) is 6. The van der Waals surface area contributed by atoms with Crippen LogP contribution in [0.25, 0.3) is 0 Å². The first-order chi connectivity index (χ1) is 12.3. The van der Waals surface area contributed by atoms with Crippen molar-refractivity contribution in [2.24, 2.45) is 0 Å². The van der Waals surface area contributed by atoms with Crippen LogP contribution < -0.4 is 0 Å². The van der Waals surface area contributed by atoms with E-state index in [4.69, 9.17) is 38.2 Å². The summed E-state index contributed by atoms with van der Waals surface area (Å²) in [4.78, 5) is 10.3. The van der Waals surface area contributed by atoms with Crippen molar-refractivity contribution in [3.63, 3.8) is 0 Å². The molecule has 0 bridgehead atoms. The fraction of sp³-hybridized carbons (Fsp3) is 0.875. The Balaban J connectivity index is 1.62. The first-order valence-electron chi connectivity index (χ1n) is 8.32. The molecule has 146 valence electrons. The van der Waals surface area contributed by atoms with Crippen molar-refractivity contribution in [2.45, 2.75) is 10.9 Å². The summed E-state index contributed by atoms with van der Waals surface area (Å²) in [5.41, 5.74) is 0. The van der Waals surface area contributed by atoms with Crippen molar-refractivity contribution in [1.29, 1.82) is 0 Å². The lowest BCUT2D eigenvalue weighted by molar-refractivity contribution is -0.384. The van der Waals surface area contributed by atoms with Crippen molar-refractivity contribution >= 4 is 11.8 Å². The number of methoxy groups -OCH3 is 2. The molecule has 1 saturated heterocycles. The molecule has 1 atom stereocenters. The minimum absolute atomic E-state index is 0.124. The van der Waals surface area contributed by atoms with Crippen LogP contribution in [0.4, 0.5) is 0 Å². The molecule has 2 rings (SSSR count). The molecular formula is C16H28O8S. The average Bonchev–Trinajstić information content (AvgIpc) is 2.83. The van der Waals surface area contributed by atoms with Crippen LogP contribution in [0.5, 0.6) is 0 Å². The van der Waals surface area contributed by atoms with Gasteiger partial charge in [0.15, 0.2) is 11.9 Å².